The van der Waals surface area contributed by atoms with E-state index < -0.39 is 5.41 Å². The molecule has 48 heavy (non-hydrogen) atoms. The Labute approximate surface area is 289 Å². The quantitative estimate of drug-likeness (QED) is 0.230. The Bertz CT molecular complexity index is 1450. The van der Waals surface area contributed by atoms with E-state index in [1.807, 2.05) is 25.1 Å². The first-order valence-corrected chi connectivity index (χ1v) is 19.5. The monoisotopic (exact) mass is 650 g/mol. The molecule has 6 rings (SSSR count). The van der Waals surface area contributed by atoms with Crippen LogP contribution in [0.5, 0.6) is 0 Å². The number of carbonyl (C=O) groups is 4. The molecule has 3 fully saturated rings. The molecule has 4 aliphatic carbocycles. The molecule has 0 aliphatic heterocycles. The summed E-state index contributed by atoms with van der Waals surface area (Å²) >= 11 is 0. The van der Waals surface area contributed by atoms with Gasteiger partial charge in [-0.2, -0.15) is 0 Å². The number of fused-ring (bicyclic) bond motifs is 1. The molecule has 4 nitrogen and oxygen atoms in total. The van der Waals surface area contributed by atoms with Gasteiger partial charge in [-0.1, -0.05) is 94.5 Å². The molecule has 3 saturated carbocycles. The van der Waals surface area contributed by atoms with E-state index in [4.69, 9.17) is 0 Å². The van der Waals surface area contributed by atoms with E-state index >= 15 is 0 Å². The number of ketones is 4. The van der Waals surface area contributed by atoms with E-state index in [-0.39, 0.29) is 47.9 Å². The summed E-state index contributed by atoms with van der Waals surface area (Å²) < 4.78 is 0. The second-order valence-electron chi connectivity index (χ2n) is 16.5. The van der Waals surface area contributed by atoms with Crippen LogP contribution in [0.2, 0.25) is 0 Å². The van der Waals surface area contributed by atoms with Crippen LogP contribution in [0.4, 0.5) is 0 Å². The summed E-state index contributed by atoms with van der Waals surface area (Å²) in [5.41, 5.74) is 3.71. The summed E-state index contributed by atoms with van der Waals surface area (Å²) in [6, 6.07) is 16.5. The minimum absolute atomic E-state index is 0.0465. The number of benzene rings is 2. The van der Waals surface area contributed by atoms with Gasteiger partial charge in [-0.3, -0.25) is 19.2 Å². The van der Waals surface area contributed by atoms with Gasteiger partial charge in [0.1, 0.15) is 23.1 Å². The van der Waals surface area contributed by atoms with Crippen LogP contribution in [-0.2, 0) is 44.9 Å². The molecular formula is C44H58O4. The summed E-state index contributed by atoms with van der Waals surface area (Å²) in [7, 11) is 0. The highest BCUT2D eigenvalue weighted by Gasteiger charge is 2.44. The van der Waals surface area contributed by atoms with Crippen molar-refractivity contribution in [3.05, 3.63) is 70.8 Å². The zero-order valence-corrected chi connectivity index (χ0v) is 29.7. The van der Waals surface area contributed by atoms with Gasteiger partial charge in [0.2, 0.25) is 0 Å². The predicted molar refractivity (Wildman–Crippen MR) is 192 cm³/mol. The van der Waals surface area contributed by atoms with Crippen LogP contribution in [0.1, 0.15) is 132 Å². The largest absolute Gasteiger partial charge is 0.299 e. The SMILES string of the molecule is CCc1cccc(CC(=O)CC(C)(CC(=O)C2CCC(C3Cc4ccccc4CC3=O)CC2)C(=O)C2CCC(C3CCCCC3)CC2)c1. The molecular weight excluding hydrogens is 592 g/mol. The zero-order chi connectivity index (χ0) is 33.7. The van der Waals surface area contributed by atoms with E-state index in [9.17, 15) is 19.2 Å². The first kappa shape index (κ1) is 35.0. The first-order chi connectivity index (χ1) is 23.2. The summed E-state index contributed by atoms with van der Waals surface area (Å²) in [5, 5.41) is 0. The molecule has 2 unspecified atom stereocenters. The molecule has 0 saturated heterocycles. The third kappa shape index (κ3) is 8.28. The van der Waals surface area contributed by atoms with Crippen molar-refractivity contribution in [1.82, 2.24) is 0 Å². The second-order valence-corrected chi connectivity index (χ2v) is 16.5. The highest BCUT2D eigenvalue weighted by atomic mass is 16.1. The second kappa shape index (κ2) is 15.8. The Balaban J connectivity index is 1.10. The van der Waals surface area contributed by atoms with E-state index in [2.05, 4.69) is 37.3 Å². The number of hydrogen-bond acceptors (Lipinski definition) is 4. The molecule has 2 aromatic carbocycles. The minimum atomic E-state index is -0.960. The molecule has 0 heterocycles. The normalized spacial score (nSPS) is 27.9. The van der Waals surface area contributed by atoms with Gasteiger partial charge in [0.05, 0.1) is 0 Å². The van der Waals surface area contributed by atoms with Crippen LogP contribution in [0.15, 0.2) is 48.5 Å². The average Bonchev–Trinajstić information content (AvgIpc) is 3.11. The summed E-state index contributed by atoms with van der Waals surface area (Å²) in [6.07, 6.45) is 17.0. The number of hydrogen-bond donors (Lipinski definition) is 0. The maximum atomic E-state index is 14.5. The lowest BCUT2D eigenvalue weighted by Crippen LogP contribution is -2.41. The fourth-order valence-electron chi connectivity index (χ4n) is 10.3. The van der Waals surface area contributed by atoms with Crippen molar-refractivity contribution in [2.24, 2.45) is 40.9 Å². The maximum absolute atomic E-state index is 14.5. The molecule has 2 aromatic rings. The Morgan fingerprint density at radius 3 is 2.02 bits per heavy atom. The Hall–Kier alpha value is -2.88. The van der Waals surface area contributed by atoms with Crippen molar-refractivity contribution in [3.8, 4) is 0 Å². The van der Waals surface area contributed by atoms with Gasteiger partial charge in [-0.05, 0) is 104 Å². The topological polar surface area (TPSA) is 68.3 Å². The van der Waals surface area contributed by atoms with Gasteiger partial charge < -0.3 is 0 Å². The van der Waals surface area contributed by atoms with Crippen LogP contribution >= 0.6 is 0 Å². The van der Waals surface area contributed by atoms with Crippen molar-refractivity contribution in [2.45, 2.75) is 136 Å². The van der Waals surface area contributed by atoms with Crippen LogP contribution in [0, 0.1) is 40.9 Å². The van der Waals surface area contributed by atoms with Gasteiger partial charge in [-0.25, -0.2) is 0 Å². The smallest absolute Gasteiger partial charge is 0.142 e. The predicted octanol–water partition coefficient (Wildman–Crippen LogP) is 9.46. The first-order valence-electron chi connectivity index (χ1n) is 19.5. The standard InChI is InChI=1S/C44H58O4/c1-3-30-10-9-11-31(24-30)25-39(45)28-44(2,43(48)36-22-16-33(17-23-36)32-12-5-4-6-13-32)29-42(47)35-20-18-34(19-21-35)40-26-37-14-7-8-15-38(37)27-41(40)46/h7-11,14-15,24,32-36,40H,3-6,12-13,16-23,25-29H2,1-2H3. The Morgan fingerprint density at radius 1 is 0.688 bits per heavy atom. The molecule has 0 radical (unpaired) electrons. The molecule has 4 heteroatoms. The van der Waals surface area contributed by atoms with E-state index in [0.29, 0.717) is 24.5 Å². The molecule has 0 aromatic heterocycles. The third-order valence-electron chi connectivity index (χ3n) is 13.1. The average molecular weight is 651 g/mol. The molecule has 0 N–H and O–H groups in total. The molecule has 2 atom stereocenters. The summed E-state index contributed by atoms with van der Waals surface area (Å²) in [6.45, 7) is 4.05. The van der Waals surface area contributed by atoms with Crippen molar-refractivity contribution in [2.75, 3.05) is 0 Å². The van der Waals surface area contributed by atoms with Gasteiger partial charge in [0, 0.05) is 48.9 Å². The fraction of sp³-hybridized carbons (Fsp3) is 0.636. The van der Waals surface area contributed by atoms with E-state index in [1.54, 1.807) is 0 Å². The number of rotatable bonds is 12. The highest BCUT2D eigenvalue weighted by molar-refractivity contribution is 5.97. The summed E-state index contributed by atoms with van der Waals surface area (Å²) in [4.78, 5) is 55.3. The van der Waals surface area contributed by atoms with E-state index in [1.165, 1.54) is 48.8 Å². The van der Waals surface area contributed by atoms with Crippen LogP contribution < -0.4 is 0 Å². The van der Waals surface area contributed by atoms with Gasteiger partial charge in [0.25, 0.3) is 0 Å². The lowest BCUT2D eigenvalue weighted by Gasteiger charge is -2.39. The van der Waals surface area contributed by atoms with Gasteiger partial charge in [0.15, 0.2) is 0 Å². The molecule has 0 spiro atoms. The van der Waals surface area contributed by atoms with Gasteiger partial charge >= 0.3 is 0 Å². The summed E-state index contributed by atoms with van der Waals surface area (Å²) in [5.74, 6) is 2.51. The van der Waals surface area contributed by atoms with Crippen molar-refractivity contribution in [1.29, 1.82) is 0 Å². The van der Waals surface area contributed by atoms with Crippen molar-refractivity contribution >= 4 is 23.1 Å². The molecule has 0 amide bonds. The minimum Gasteiger partial charge on any atom is -0.299 e. The number of carbonyl (C=O) groups excluding carboxylic acids is 4. The van der Waals surface area contributed by atoms with Crippen molar-refractivity contribution in [3.63, 3.8) is 0 Å². The fourth-order valence-corrected chi connectivity index (χ4v) is 10.3. The molecule has 258 valence electrons. The lowest BCUT2D eigenvalue weighted by molar-refractivity contribution is -0.142. The molecule has 0 bridgehead atoms. The highest BCUT2D eigenvalue weighted by Crippen LogP contribution is 2.45. The maximum Gasteiger partial charge on any atom is 0.142 e. The Morgan fingerprint density at radius 2 is 1.31 bits per heavy atom. The molecule has 4 aliphatic rings. The van der Waals surface area contributed by atoms with Gasteiger partial charge in [-0.15, -0.1) is 0 Å². The van der Waals surface area contributed by atoms with E-state index in [0.717, 1.165) is 81.6 Å². The lowest BCUT2D eigenvalue weighted by atomic mass is 9.64. The number of aryl methyl sites for hydroxylation is 1. The van der Waals surface area contributed by atoms with Crippen LogP contribution in [-0.4, -0.2) is 23.1 Å². The number of Topliss-reactive ketones (excluding diaryl/α,β-unsaturated/α-hetero) is 4. The van der Waals surface area contributed by atoms with Crippen molar-refractivity contribution < 1.29 is 19.2 Å². The zero-order valence-electron chi connectivity index (χ0n) is 29.7. The Kier molecular flexibility index (Phi) is 11.5. The van der Waals surface area contributed by atoms with Crippen LogP contribution in [0.3, 0.4) is 0 Å². The third-order valence-corrected chi connectivity index (χ3v) is 13.1. The van der Waals surface area contributed by atoms with Crippen LogP contribution in [0.25, 0.3) is 0 Å².